The summed E-state index contributed by atoms with van der Waals surface area (Å²) in [5.74, 6) is -1.17. The molecule has 2 rings (SSSR count). The summed E-state index contributed by atoms with van der Waals surface area (Å²) in [6, 6.07) is 13.9. The van der Waals surface area contributed by atoms with Crippen molar-refractivity contribution in [3.05, 3.63) is 54.1 Å². The minimum Gasteiger partial charge on any atom is -0.545 e. The van der Waals surface area contributed by atoms with Crippen LogP contribution in [0.15, 0.2) is 48.5 Å². The van der Waals surface area contributed by atoms with E-state index in [0.717, 1.165) is 11.1 Å². The van der Waals surface area contributed by atoms with Crippen LogP contribution in [0.2, 0.25) is 0 Å². The molecule has 2 aromatic rings. The van der Waals surface area contributed by atoms with Crippen LogP contribution < -0.4 is 40.4 Å². The molecule has 0 unspecified atom stereocenters. The minimum absolute atomic E-state index is 0. The molecular weight excluding hydrogens is 225 g/mol. The van der Waals surface area contributed by atoms with Gasteiger partial charge in [-0.15, -0.1) is 0 Å². The van der Waals surface area contributed by atoms with Crippen molar-refractivity contribution in [1.29, 1.82) is 0 Å². The van der Waals surface area contributed by atoms with Gasteiger partial charge < -0.3 is 15.6 Å². The van der Waals surface area contributed by atoms with E-state index < -0.39 is 5.97 Å². The van der Waals surface area contributed by atoms with Gasteiger partial charge in [-0.25, -0.2) is 0 Å². The minimum atomic E-state index is -1.17. The molecule has 0 amide bonds. The third kappa shape index (κ3) is 3.33. The van der Waals surface area contributed by atoms with Gasteiger partial charge in [-0.2, -0.15) is 0 Å². The van der Waals surface area contributed by atoms with Crippen molar-refractivity contribution in [2.24, 2.45) is 0 Å². The van der Waals surface area contributed by atoms with E-state index >= 15 is 0 Å². The fourth-order valence-corrected chi connectivity index (χ4v) is 1.52. The Morgan fingerprint density at radius 2 is 1.65 bits per heavy atom. The Morgan fingerprint density at radius 1 is 1.00 bits per heavy atom. The van der Waals surface area contributed by atoms with Crippen molar-refractivity contribution in [2.75, 3.05) is 5.73 Å². The van der Waals surface area contributed by atoms with Gasteiger partial charge in [0.05, 0.1) is 5.97 Å². The summed E-state index contributed by atoms with van der Waals surface area (Å²) in [5.41, 5.74) is 8.42. The van der Waals surface area contributed by atoms with Crippen molar-refractivity contribution >= 4 is 11.7 Å². The molecular formula is C13H10NNaO2. The van der Waals surface area contributed by atoms with Crippen molar-refractivity contribution < 1.29 is 39.5 Å². The Bertz CT molecular complexity index is 523. The maximum Gasteiger partial charge on any atom is 1.00 e. The van der Waals surface area contributed by atoms with E-state index in [9.17, 15) is 9.90 Å². The maximum atomic E-state index is 10.6. The van der Waals surface area contributed by atoms with Crippen molar-refractivity contribution in [1.82, 2.24) is 0 Å². The zero-order valence-corrected chi connectivity index (χ0v) is 11.5. The van der Waals surface area contributed by atoms with Crippen molar-refractivity contribution in [3.8, 4) is 11.1 Å². The van der Waals surface area contributed by atoms with Crippen LogP contribution in [-0.2, 0) is 0 Å². The molecule has 0 aliphatic rings. The van der Waals surface area contributed by atoms with Gasteiger partial charge >= 0.3 is 29.6 Å². The third-order valence-electron chi connectivity index (χ3n) is 2.34. The van der Waals surface area contributed by atoms with Crippen LogP contribution in [0.25, 0.3) is 11.1 Å². The van der Waals surface area contributed by atoms with Crippen molar-refractivity contribution in [3.63, 3.8) is 0 Å². The SMILES string of the molecule is Nc1cccc(-c2ccc(C(=O)[O-])cc2)c1.[Na+]. The molecule has 0 atom stereocenters. The number of anilines is 1. The molecule has 17 heavy (non-hydrogen) atoms. The second-order valence-corrected chi connectivity index (χ2v) is 3.49. The average Bonchev–Trinajstić information content (AvgIpc) is 2.29. The Morgan fingerprint density at radius 3 is 2.18 bits per heavy atom. The first-order valence-corrected chi connectivity index (χ1v) is 4.84. The molecule has 2 aromatic carbocycles. The molecule has 0 aromatic heterocycles. The van der Waals surface area contributed by atoms with Gasteiger partial charge in [0.1, 0.15) is 0 Å². The number of carbonyl (C=O) groups excluding carboxylic acids is 1. The number of hydrogen-bond donors (Lipinski definition) is 1. The topological polar surface area (TPSA) is 66.2 Å². The fraction of sp³-hybridized carbons (Fsp3) is 0. The summed E-state index contributed by atoms with van der Waals surface area (Å²) in [5, 5.41) is 10.6. The standard InChI is InChI=1S/C13H11NO2.Na/c14-12-3-1-2-11(8-12)9-4-6-10(7-5-9)13(15)16;/h1-8H,14H2,(H,15,16);/q;+1/p-1. The van der Waals surface area contributed by atoms with Crippen molar-refractivity contribution in [2.45, 2.75) is 0 Å². The predicted octanol–water partition coefficient (Wildman–Crippen LogP) is -1.70. The Hall–Kier alpha value is -1.29. The van der Waals surface area contributed by atoms with E-state index in [1.165, 1.54) is 12.1 Å². The normalized spacial score (nSPS) is 9.41. The third-order valence-corrected chi connectivity index (χ3v) is 2.34. The first kappa shape index (κ1) is 13.8. The summed E-state index contributed by atoms with van der Waals surface area (Å²) in [6.07, 6.45) is 0. The van der Waals surface area contributed by atoms with Gasteiger partial charge in [-0.05, 0) is 28.8 Å². The number of carboxylic acids is 1. The quantitative estimate of drug-likeness (QED) is 0.498. The summed E-state index contributed by atoms with van der Waals surface area (Å²) in [6.45, 7) is 0. The molecule has 0 fully saturated rings. The fourth-order valence-electron chi connectivity index (χ4n) is 1.52. The van der Waals surface area contributed by atoms with Gasteiger partial charge in [0.2, 0.25) is 0 Å². The smallest absolute Gasteiger partial charge is 0.545 e. The molecule has 0 saturated heterocycles. The van der Waals surface area contributed by atoms with Crippen LogP contribution in [0.1, 0.15) is 10.4 Å². The molecule has 80 valence electrons. The van der Waals surface area contributed by atoms with Gasteiger partial charge in [-0.1, -0.05) is 36.4 Å². The van der Waals surface area contributed by atoms with E-state index in [1.807, 2.05) is 18.2 Å². The molecule has 0 aliphatic heterocycles. The Kier molecular flexibility index (Phi) is 4.75. The second-order valence-electron chi connectivity index (χ2n) is 3.49. The molecule has 4 heteroatoms. The molecule has 2 N–H and O–H groups in total. The largest absolute Gasteiger partial charge is 1.00 e. The van der Waals surface area contributed by atoms with E-state index in [-0.39, 0.29) is 35.1 Å². The monoisotopic (exact) mass is 235 g/mol. The summed E-state index contributed by atoms with van der Waals surface area (Å²) < 4.78 is 0. The predicted molar refractivity (Wildman–Crippen MR) is 60.6 cm³/mol. The molecule has 0 saturated carbocycles. The molecule has 0 radical (unpaired) electrons. The van der Waals surface area contributed by atoms with Crippen LogP contribution in [0.3, 0.4) is 0 Å². The van der Waals surface area contributed by atoms with Gasteiger partial charge in [0, 0.05) is 5.69 Å². The number of carbonyl (C=O) groups is 1. The Balaban J connectivity index is 0.00000144. The van der Waals surface area contributed by atoms with Crippen LogP contribution in [0, 0.1) is 0 Å². The number of hydrogen-bond acceptors (Lipinski definition) is 3. The molecule has 0 bridgehead atoms. The van der Waals surface area contributed by atoms with Gasteiger partial charge in [0.25, 0.3) is 0 Å². The first-order valence-electron chi connectivity index (χ1n) is 4.84. The van der Waals surface area contributed by atoms with Gasteiger partial charge in [-0.3, -0.25) is 0 Å². The molecule has 0 aliphatic carbocycles. The van der Waals surface area contributed by atoms with E-state index in [1.54, 1.807) is 18.2 Å². The molecule has 0 heterocycles. The number of rotatable bonds is 2. The summed E-state index contributed by atoms with van der Waals surface area (Å²) >= 11 is 0. The number of nitrogens with two attached hydrogens (primary N) is 1. The summed E-state index contributed by atoms with van der Waals surface area (Å²) in [4.78, 5) is 10.6. The summed E-state index contributed by atoms with van der Waals surface area (Å²) in [7, 11) is 0. The number of aromatic carboxylic acids is 1. The molecule has 0 spiro atoms. The van der Waals surface area contributed by atoms with E-state index in [2.05, 4.69) is 0 Å². The van der Waals surface area contributed by atoms with Crippen LogP contribution in [-0.4, -0.2) is 5.97 Å². The number of carboxylic acid groups (broad SMARTS) is 1. The van der Waals surface area contributed by atoms with Crippen LogP contribution in [0.4, 0.5) is 5.69 Å². The second kappa shape index (κ2) is 5.87. The zero-order valence-electron chi connectivity index (χ0n) is 9.51. The van der Waals surface area contributed by atoms with Crippen LogP contribution in [0.5, 0.6) is 0 Å². The maximum absolute atomic E-state index is 10.6. The average molecular weight is 235 g/mol. The zero-order chi connectivity index (χ0) is 11.5. The number of benzene rings is 2. The van der Waals surface area contributed by atoms with E-state index in [0.29, 0.717) is 5.69 Å². The van der Waals surface area contributed by atoms with Crippen LogP contribution >= 0.6 is 0 Å². The molecule has 3 nitrogen and oxygen atoms in total. The van der Waals surface area contributed by atoms with Gasteiger partial charge in [0.15, 0.2) is 0 Å². The Labute approximate surface area is 122 Å². The number of nitrogen functional groups attached to an aromatic ring is 1. The first-order chi connectivity index (χ1) is 7.66. The van der Waals surface area contributed by atoms with E-state index in [4.69, 9.17) is 5.73 Å².